The number of rotatable bonds is 6. The van der Waals surface area contributed by atoms with E-state index in [0.717, 1.165) is 5.69 Å². The maximum Gasteiger partial charge on any atom is 0.242 e. The summed E-state index contributed by atoms with van der Waals surface area (Å²) >= 11 is 1.64. The Labute approximate surface area is 131 Å². The molecule has 112 valence electrons. The van der Waals surface area contributed by atoms with Crippen LogP contribution in [0.15, 0.2) is 53.9 Å². The monoisotopic (exact) mass is 313 g/mol. The summed E-state index contributed by atoms with van der Waals surface area (Å²) in [6.45, 7) is 0.146. The van der Waals surface area contributed by atoms with Crippen molar-refractivity contribution in [2.24, 2.45) is 0 Å². The highest BCUT2D eigenvalue weighted by Crippen LogP contribution is 2.18. The van der Waals surface area contributed by atoms with Gasteiger partial charge < -0.3 is 5.32 Å². The van der Waals surface area contributed by atoms with Crippen LogP contribution in [-0.4, -0.2) is 25.7 Å². The Morgan fingerprint density at radius 1 is 1.36 bits per heavy atom. The van der Waals surface area contributed by atoms with Crippen LogP contribution in [0.1, 0.15) is 17.3 Å². The van der Waals surface area contributed by atoms with E-state index in [2.05, 4.69) is 31.8 Å². The summed E-state index contributed by atoms with van der Waals surface area (Å²) in [5, 5.41) is 11.1. The molecule has 0 aliphatic rings. The average Bonchev–Trinajstić information content (AvgIpc) is 3.21. The van der Waals surface area contributed by atoms with Crippen molar-refractivity contribution in [3.63, 3.8) is 0 Å². The molecule has 0 saturated heterocycles. The molecule has 0 fully saturated rings. The number of carbonyl (C=O) groups excluding carboxylic acids is 1. The Morgan fingerprint density at radius 2 is 2.32 bits per heavy atom. The number of amides is 1. The Kier molecular flexibility index (Phi) is 4.55. The molecule has 0 spiro atoms. The van der Waals surface area contributed by atoms with E-state index >= 15 is 0 Å². The van der Waals surface area contributed by atoms with E-state index in [4.69, 9.17) is 0 Å². The van der Waals surface area contributed by atoms with Crippen LogP contribution in [0.5, 0.6) is 0 Å². The van der Waals surface area contributed by atoms with Crippen LogP contribution in [-0.2, 0) is 17.8 Å². The number of nitrogens with zero attached hydrogens (tertiary/aromatic N) is 4. The SMILES string of the molecule is O=C(Cn1cncn1)NC(Cc1ccsc1)c1ccccn1. The van der Waals surface area contributed by atoms with E-state index in [0.29, 0.717) is 6.42 Å². The number of aromatic nitrogens is 4. The second-order valence-electron chi connectivity index (χ2n) is 4.80. The molecular weight excluding hydrogens is 298 g/mol. The van der Waals surface area contributed by atoms with E-state index in [9.17, 15) is 4.79 Å². The molecular formula is C15H15N5OS. The third-order valence-electron chi connectivity index (χ3n) is 3.17. The van der Waals surface area contributed by atoms with Gasteiger partial charge in [-0.1, -0.05) is 6.07 Å². The van der Waals surface area contributed by atoms with E-state index in [1.807, 2.05) is 23.6 Å². The zero-order valence-electron chi connectivity index (χ0n) is 11.8. The molecule has 1 atom stereocenters. The zero-order valence-corrected chi connectivity index (χ0v) is 12.6. The van der Waals surface area contributed by atoms with Crippen molar-refractivity contribution in [1.82, 2.24) is 25.1 Å². The first-order chi connectivity index (χ1) is 10.8. The van der Waals surface area contributed by atoms with Gasteiger partial charge in [-0.2, -0.15) is 16.4 Å². The first-order valence-corrected chi connectivity index (χ1v) is 7.79. The summed E-state index contributed by atoms with van der Waals surface area (Å²) in [5.74, 6) is -0.114. The smallest absolute Gasteiger partial charge is 0.242 e. The normalized spacial score (nSPS) is 12.0. The number of hydrogen-bond acceptors (Lipinski definition) is 5. The van der Waals surface area contributed by atoms with Crippen molar-refractivity contribution in [2.75, 3.05) is 0 Å². The highest BCUT2D eigenvalue weighted by atomic mass is 32.1. The van der Waals surface area contributed by atoms with Gasteiger partial charge in [0.15, 0.2) is 0 Å². The second-order valence-corrected chi connectivity index (χ2v) is 5.58. The highest BCUT2D eigenvalue weighted by Gasteiger charge is 2.17. The first-order valence-electron chi connectivity index (χ1n) is 6.85. The van der Waals surface area contributed by atoms with Crippen molar-refractivity contribution in [1.29, 1.82) is 0 Å². The minimum absolute atomic E-state index is 0.114. The number of pyridine rings is 1. The molecule has 3 aromatic rings. The van der Waals surface area contributed by atoms with Gasteiger partial charge in [0.1, 0.15) is 19.2 Å². The molecule has 22 heavy (non-hydrogen) atoms. The lowest BCUT2D eigenvalue weighted by atomic mass is 10.1. The fourth-order valence-electron chi connectivity index (χ4n) is 2.16. The van der Waals surface area contributed by atoms with Gasteiger partial charge in [-0.3, -0.25) is 9.78 Å². The van der Waals surface area contributed by atoms with Gasteiger partial charge in [0.2, 0.25) is 5.91 Å². The third kappa shape index (κ3) is 3.76. The Morgan fingerprint density at radius 3 is 3.00 bits per heavy atom. The van der Waals surface area contributed by atoms with Crippen molar-refractivity contribution in [3.05, 3.63) is 65.1 Å². The molecule has 6 nitrogen and oxygen atoms in total. The minimum Gasteiger partial charge on any atom is -0.346 e. The number of hydrogen-bond donors (Lipinski definition) is 1. The molecule has 7 heteroatoms. The van der Waals surface area contributed by atoms with Crippen molar-refractivity contribution in [3.8, 4) is 0 Å². The lowest BCUT2D eigenvalue weighted by molar-refractivity contribution is -0.122. The van der Waals surface area contributed by atoms with Crippen LogP contribution in [0.25, 0.3) is 0 Å². The molecule has 0 aromatic carbocycles. The topological polar surface area (TPSA) is 72.7 Å². The van der Waals surface area contributed by atoms with Gasteiger partial charge in [-0.25, -0.2) is 9.67 Å². The number of nitrogens with one attached hydrogen (secondary N) is 1. The molecule has 0 bridgehead atoms. The van der Waals surface area contributed by atoms with Gasteiger partial charge in [-0.15, -0.1) is 0 Å². The van der Waals surface area contributed by atoms with Gasteiger partial charge in [0.05, 0.1) is 11.7 Å². The predicted molar refractivity (Wildman–Crippen MR) is 83.2 cm³/mol. The van der Waals surface area contributed by atoms with Crippen LogP contribution in [0.3, 0.4) is 0 Å². The second kappa shape index (κ2) is 6.95. The molecule has 1 N–H and O–H groups in total. The third-order valence-corrected chi connectivity index (χ3v) is 3.90. The quantitative estimate of drug-likeness (QED) is 0.753. The maximum absolute atomic E-state index is 12.2. The first kappa shape index (κ1) is 14.4. The maximum atomic E-state index is 12.2. The molecule has 3 heterocycles. The Bertz CT molecular complexity index is 697. The van der Waals surface area contributed by atoms with Crippen molar-refractivity contribution >= 4 is 17.2 Å². The van der Waals surface area contributed by atoms with Crippen LogP contribution in [0, 0.1) is 0 Å². The zero-order chi connectivity index (χ0) is 15.2. The molecule has 3 aromatic heterocycles. The summed E-state index contributed by atoms with van der Waals surface area (Å²) in [4.78, 5) is 20.4. The van der Waals surface area contributed by atoms with Gasteiger partial charge in [-0.05, 0) is 40.9 Å². The van der Waals surface area contributed by atoms with Crippen LogP contribution in [0.4, 0.5) is 0 Å². The van der Waals surface area contributed by atoms with E-state index in [1.165, 1.54) is 22.9 Å². The summed E-state index contributed by atoms with van der Waals surface area (Å²) in [7, 11) is 0. The molecule has 3 rings (SSSR count). The lowest BCUT2D eigenvalue weighted by Crippen LogP contribution is -2.33. The molecule has 0 radical (unpaired) electrons. The molecule has 1 amide bonds. The Balaban J connectivity index is 1.72. The van der Waals surface area contributed by atoms with E-state index in [1.54, 1.807) is 17.5 Å². The summed E-state index contributed by atoms with van der Waals surface area (Å²) in [5.41, 5.74) is 2.03. The van der Waals surface area contributed by atoms with Gasteiger partial charge in [0, 0.05) is 6.20 Å². The van der Waals surface area contributed by atoms with Crippen molar-refractivity contribution in [2.45, 2.75) is 19.0 Å². The molecule has 1 unspecified atom stereocenters. The van der Waals surface area contributed by atoms with Gasteiger partial charge in [0.25, 0.3) is 0 Å². The average molecular weight is 313 g/mol. The van der Waals surface area contributed by atoms with Crippen LogP contribution < -0.4 is 5.32 Å². The largest absolute Gasteiger partial charge is 0.346 e. The van der Waals surface area contributed by atoms with Gasteiger partial charge >= 0.3 is 0 Å². The van der Waals surface area contributed by atoms with Crippen LogP contribution >= 0.6 is 11.3 Å². The van der Waals surface area contributed by atoms with Crippen molar-refractivity contribution < 1.29 is 4.79 Å². The Hall–Kier alpha value is -2.54. The van der Waals surface area contributed by atoms with E-state index < -0.39 is 0 Å². The van der Waals surface area contributed by atoms with E-state index in [-0.39, 0.29) is 18.5 Å². The summed E-state index contributed by atoms with van der Waals surface area (Å²) < 4.78 is 1.50. The number of thiophene rings is 1. The summed E-state index contributed by atoms with van der Waals surface area (Å²) in [6, 6.07) is 7.61. The minimum atomic E-state index is -0.160. The highest BCUT2D eigenvalue weighted by molar-refractivity contribution is 7.07. The fourth-order valence-corrected chi connectivity index (χ4v) is 2.84. The lowest BCUT2D eigenvalue weighted by Gasteiger charge is -2.18. The fraction of sp³-hybridized carbons (Fsp3) is 0.200. The predicted octanol–water partition coefficient (Wildman–Crippen LogP) is 1.83. The molecule has 0 aliphatic carbocycles. The molecule has 0 aliphatic heterocycles. The number of carbonyl (C=O) groups is 1. The molecule has 0 saturated carbocycles. The standard InChI is InChI=1S/C15H15N5OS/c21-15(8-20-11-16-10-18-20)19-14(7-12-4-6-22-9-12)13-3-1-2-5-17-13/h1-6,9-11,14H,7-8H2,(H,19,21). The summed E-state index contributed by atoms with van der Waals surface area (Å²) in [6.07, 6.45) is 5.38. The van der Waals surface area contributed by atoms with Crippen LogP contribution in [0.2, 0.25) is 0 Å².